The summed E-state index contributed by atoms with van der Waals surface area (Å²) in [5.41, 5.74) is 0.872. The molecule has 7 heteroatoms. The van der Waals surface area contributed by atoms with Gasteiger partial charge in [0.25, 0.3) is 5.91 Å². The number of terminal acetylenes is 1. The SMILES string of the molecule is C#CCOc1c(Br)cc(/C=C2/NC(=O)N(C)C2=O)cc1OCC. The van der Waals surface area contributed by atoms with Crippen molar-refractivity contribution < 1.29 is 19.1 Å². The maximum absolute atomic E-state index is 11.9. The van der Waals surface area contributed by atoms with E-state index in [1.807, 2.05) is 6.92 Å². The number of rotatable bonds is 5. The summed E-state index contributed by atoms with van der Waals surface area (Å²) in [6.07, 6.45) is 6.78. The molecule has 0 aliphatic carbocycles. The highest BCUT2D eigenvalue weighted by molar-refractivity contribution is 9.10. The van der Waals surface area contributed by atoms with Crippen molar-refractivity contribution in [1.29, 1.82) is 0 Å². The predicted octanol–water partition coefficient (Wildman–Crippen LogP) is 2.38. The van der Waals surface area contributed by atoms with Gasteiger partial charge in [0, 0.05) is 7.05 Å². The summed E-state index contributed by atoms with van der Waals surface area (Å²) in [6.45, 7) is 2.40. The van der Waals surface area contributed by atoms with Crippen LogP contribution in [0.3, 0.4) is 0 Å². The Hall–Kier alpha value is -2.46. The molecule has 0 atom stereocenters. The van der Waals surface area contributed by atoms with Crippen LogP contribution in [0, 0.1) is 12.3 Å². The van der Waals surface area contributed by atoms with Crippen molar-refractivity contribution in [2.45, 2.75) is 6.92 Å². The van der Waals surface area contributed by atoms with Gasteiger partial charge in [-0.05, 0) is 46.6 Å². The molecule has 3 amide bonds. The number of nitrogens with zero attached hydrogens (tertiary/aromatic N) is 1. The van der Waals surface area contributed by atoms with Crippen LogP contribution < -0.4 is 14.8 Å². The smallest absolute Gasteiger partial charge is 0.328 e. The van der Waals surface area contributed by atoms with E-state index in [2.05, 4.69) is 27.2 Å². The number of carbonyl (C=O) groups is 2. The van der Waals surface area contributed by atoms with E-state index in [0.717, 1.165) is 4.90 Å². The Bertz CT molecular complexity index is 722. The zero-order chi connectivity index (χ0) is 17.0. The molecule has 1 aromatic rings. The molecule has 2 rings (SSSR count). The van der Waals surface area contributed by atoms with Gasteiger partial charge in [0.2, 0.25) is 0 Å². The van der Waals surface area contributed by atoms with Crippen LogP contribution in [0.4, 0.5) is 4.79 Å². The van der Waals surface area contributed by atoms with Crippen LogP contribution in [-0.4, -0.2) is 37.1 Å². The number of halogens is 1. The van der Waals surface area contributed by atoms with Gasteiger partial charge in [-0.2, -0.15) is 0 Å². The van der Waals surface area contributed by atoms with Gasteiger partial charge in [-0.3, -0.25) is 9.69 Å². The maximum Gasteiger partial charge on any atom is 0.328 e. The van der Waals surface area contributed by atoms with Crippen LogP contribution in [0.25, 0.3) is 6.08 Å². The number of benzene rings is 1. The first kappa shape index (κ1) is 16.9. The Morgan fingerprint density at radius 3 is 2.70 bits per heavy atom. The minimum atomic E-state index is -0.459. The molecule has 1 aliphatic heterocycles. The summed E-state index contributed by atoms with van der Waals surface area (Å²) < 4.78 is 11.7. The minimum Gasteiger partial charge on any atom is -0.490 e. The van der Waals surface area contributed by atoms with Crippen LogP contribution in [0.1, 0.15) is 12.5 Å². The molecule has 1 aliphatic rings. The lowest BCUT2D eigenvalue weighted by atomic mass is 10.1. The Labute approximate surface area is 142 Å². The fraction of sp³-hybridized carbons (Fsp3) is 0.250. The van der Waals surface area contributed by atoms with Crippen molar-refractivity contribution in [3.63, 3.8) is 0 Å². The highest BCUT2D eigenvalue weighted by Gasteiger charge is 2.30. The van der Waals surface area contributed by atoms with Crippen LogP contribution in [0.2, 0.25) is 0 Å². The standard InChI is InChI=1S/C16H15BrN2O4/c1-4-6-23-14-11(17)7-10(9-13(14)22-5-2)8-12-15(20)19(3)16(21)18-12/h1,7-9H,5-6H2,2-3H3,(H,18,21)/b12-8+. The van der Waals surface area contributed by atoms with Gasteiger partial charge < -0.3 is 14.8 Å². The molecule has 1 saturated heterocycles. The zero-order valence-electron chi connectivity index (χ0n) is 12.7. The number of imide groups is 1. The Morgan fingerprint density at radius 2 is 2.13 bits per heavy atom. The molecule has 0 unspecified atom stereocenters. The number of ether oxygens (including phenoxy) is 2. The molecule has 1 N–H and O–H groups in total. The van der Waals surface area contributed by atoms with Crippen molar-refractivity contribution in [2.75, 3.05) is 20.3 Å². The topological polar surface area (TPSA) is 67.9 Å². The second kappa shape index (κ2) is 7.20. The molecule has 1 heterocycles. The summed E-state index contributed by atoms with van der Waals surface area (Å²) in [7, 11) is 1.41. The van der Waals surface area contributed by atoms with Gasteiger partial charge in [-0.25, -0.2) is 4.79 Å². The second-order valence-corrected chi connectivity index (χ2v) is 5.46. The lowest BCUT2D eigenvalue weighted by molar-refractivity contribution is -0.121. The maximum atomic E-state index is 11.9. The molecule has 120 valence electrons. The largest absolute Gasteiger partial charge is 0.490 e. The van der Waals surface area contributed by atoms with Gasteiger partial charge >= 0.3 is 6.03 Å². The summed E-state index contributed by atoms with van der Waals surface area (Å²) in [5, 5.41) is 2.51. The average molecular weight is 379 g/mol. The van der Waals surface area contributed by atoms with Crippen LogP contribution >= 0.6 is 15.9 Å². The summed E-state index contributed by atoms with van der Waals surface area (Å²) in [4.78, 5) is 24.4. The van der Waals surface area contributed by atoms with E-state index in [1.54, 1.807) is 18.2 Å². The molecule has 0 radical (unpaired) electrons. The van der Waals surface area contributed by atoms with Gasteiger partial charge in [-0.1, -0.05) is 5.92 Å². The third kappa shape index (κ3) is 3.66. The van der Waals surface area contributed by atoms with Crippen molar-refractivity contribution in [3.05, 3.63) is 27.9 Å². The predicted molar refractivity (Wildman–Crippen MR) is 88.9 cm³/mol. The monoisotopic (exact) mass is 378 g/mol. The number of likely N-dealkylation sites (N-methyl/N-ethyl adjacent to an activating group) is 1. The number of amides is 3. The Morgan fingerprint density at radius 1 is 1.39 bits per heavy atom. The molecule has 0 bridgehead atoms. The van der Waals surface area contributed by atoms with Gasteiger partial charge in [0.15, 0.2) is 11.5 Å². The van der Waals surface area contributed by atoms with E-state index in [9.17, 15) is 9.59 Å². The second-order valence-electron chi connectivity index (χ2n) is 4.61. The van der Waals surface area contributed by atoms with E-state index >= 15 is 0 Å². The Kier molecular flexibility index (Phi) is 5.29. The lowest BCUT2D eigenvalue weighted by Crippen LogP contribution is -2.25. The number of hydrogen-bond donors (Lipinski definition) is 1. The quantitative estimate of drug-likeness (QED) is 0.485. The van der Waals surface area contributed by atoms with Crippen molar-refractivity contribution in [1.82, 2.24) is 10.2 Å². The molecule has 23 heavy (non-hydrogen) atoms. The highest BCUT2D eigenvalue weighted by atomic mass is 79.9. The molecule has 0 spiro atoms. The van der Waals surface area contributed by atoms with Crippen LogP contribution in [0.15, 0.2) is 22.3 Å². The molecular weight excluding hydrogens is 364 g/mol. The summed E-state index contributed by atoms with van der Waals surface area (Å²) in [6, 6.07) is 3.00. The number of carbonyl (C=O) groups excluding carboxylic acids is 2. The van der Waals surface area contributed by atoms with Gasteiger partial charge in [0.05, 0.1) is 11.1 Å². The van der Waals surface area contributed by atoms with E-state index in [4.69, 9.17) is 15.9 Å². The van der Waals surface area contributed by atoms with E-state index in [0.29, 0.717) is 28.1 Å². The molecule has 1 aromatic carbocycles. The van der Waals surface area contributed by atoms with E-state index in [1.165, 1.54) is 7.05 Å². The fourth-order valence-electron chi connectivity index (χ4n) is 1.98. The van der Waals surface area contributed by atoms with Gasteiger partial charge in [0.1, 0.15) is 12.3 Å². The van der Waals surface area contributed by atoms with Crippen LogP contribution in [-0.2, 0) is 4.79 Å². The number of hydrogen-bond acceptors (Lipinski definition) is 4. The normalized spacial score (nSPS) is 15.6. The van der Waals surface area contributed by atoms with Crippen molar-refractivity contribution in [2.24, 2.45) is 0 Å². The van der Waals surface area contributed by atoms with E-state index in [-0.39, 0.29) is 12.3 Å². The first-order valence-corrected chi connectivity index (χ1v) is 7.60. The summed E-state index contributed by atoms with van der Waals surface area (Å²) >= 11 is 3.40. The Balaban J connectivity index is 2.39. The summed E-state index contributed by atoms with van der Waals surface area (Å²) in [5.74, 6) is 2.99. The third-order valence-corrected chi connectivity index (χ3v) is 3.61. The minimum absolute atomic E-state index is 0.110. The lowest BCUT2D eigenvalue weighted by Gasteiger charge is -2.13. The van der Waals surface area contributed by atoms with E-state index < -0.39 is 11.9 Å². The first-order chi connectivity index (χ1) is 11.0. The number of nitrogens with one attached hydrogen (secondary N) is 1. The van der Waals surface area contributed by atoms with Crippen molar-refractivity contribution >= 4 is 33.9 Å². The molecule has 6 nitrogen and oxygen atoms in total. The molecule has 0 aromatic heterocycles. The molecule has 0 saturated carbocycles. The highest BCUT2D eigenvalue weighted by Crippen LogP contribution is 2.37. The third-order valence-electron chi connectivity index (χ3n) is 3.02. The molecular formula is C16H15BrN2O4. The van der Waals surface area contributed by atoms with Crippen LogP contribution in [0.5, 0.6) is 11.5 Å². The first-order valence-electron chi connectivity index (χ1n) is 6.81. The zero-order valence-corrected chi connectivity index (χ0v) is 14.3. The van der Waals surface area contributed by atoms with Gasteiger partial charge in [-0.15, -0.1) is 6.42 Å². The average Bonchev–Trinajstić information content (AvgIpc) is 2.74. The fourth-order valence-corrected chi connectivity index (χ4v) is 2.55. The van der Waals surface area contributed by atoms with Crippen molar-refractivity contribution in [3.8, 4) is 23.8 Å². The molecule has 1 fully saturated rings. The number of urea groups is 1.